The lowest BCUT2D eigenvalue weighted by molar-refractivity contribution is 0.101. The number of carbonyl (C=O) groups excluding carboxylic acids is 1. The van der Waals surface area contributed by atoms with E-state index < -0.39 is 6.10 Å². The number of aliphatic hydroxyl groups is 1. The second kappa shape index (κ2) is 9.13. The smallest absolute Gasteiger partial charge is 0.233 e. The number of β-amino-alcohol motifs (C(OH)–C–C–N with tert-alkyl or cyclic N) is 1. The highest BCUT2D eigenvalue weighted by atomic mass is 16.3. The Morgan fingerprint density at radius 3 is 2.29 bits per heavy atom. The molecular formula is C21H30N8O2. The maximum atomic E-state index is 11.5. The van der Waals surface area contributed by atoms with Crippen LogP contribution in [0, 0.1) is 0 Å². The van der Waals surface area contributed by atoms with Gasteiger partial charge in [-0.15, -0.1) is 0 Å². The molecule has 31 heavy (non-hydrogen) atoms. The van der Waals surface area contributed by atoms with Crippen LogP contribution in [0.4, 0.5) is 23.5 Å². The third-order valence-corrected chi connectivity index (χ3v) is 5.64. The number of carbonyl (C=O) groups is 1. The molecule has 0 bridgehead atoms. The summed E-state index contributed by atoms with van der Waals surface area (Å²) < 4.78 is 0. The third-order valence-electron chi connectivity index (χ3n) is 5.64. The molecule has 2 aliphatic rings. The maximum absolute atomic E-state index is 11.5. The van der Waals surface area contributed by atoms with Gasteiger partial charge in [0.05, 0.1) is 6.10 Å². The lowest BCUT2D eigenvalue weighted by atomic mass is 10.0. The van der Waals surface area contributed by atoms with E-state index in [4.69, 9.17) is 11.5 Å². The number of nitrogens with one attached hydrogen (secondary N) is 1. The minimum Gasteiger partial charge on any atom is -0.391 e. The number of nitrogens with two attached hydrogens (primary N) is 2. The number of ketones is 1. The number of Topliss-reactive ketones (excluding diaryl/α,β-unsaturated/α-hetero) is 1. The average molecular weight is 427 g/mol. The molecule has 0 amide bonds. The number of rotatable bonds is 5. The Hall–Kier alpha value is -2.82. The molecule has 2 aliphatic heterocycles. The van der Waals surface area contributed by atoms with Gasteiger partial charge in [0.15, 0.2) is 5.78 Å². The Bertz CT molecular complexity index is 912. The molecule has 6 N–H and O–H groups in total. The highest BCUT2D eigenvalue weighted by Crippen LogP contribution is 2.24. The third kappa shape index (κ3) is 5.27. The first-order valence-corrected chi connectivity index (χ1v) is 10.7. The predicted molar refractivity (Wildman–Crippen MR) is 120 cm³/mol. The molecule has 2 aromatic rings. The van der Waals surface area contributed by atoms with Gasteiger partial charge in [-0.1, -0.05) is 0 Å². The Kier molecular flexibility index (Phi) is 6.30. The van der Waals surface area contributed by atoms with Gasteiger partial charge >= 0.3 is 0 Å². The van der Waals surface area contributed by atoms with E-state index in [9.17, 15) is 9.90 Å². The van der Waals surface area contributed by atoms with Gasteiger partial charge in [-0.05, 0) is 50.5 Å². The van der Waals surface area contributed by atoms with Crippen LogP contribution in [0.5, 0.6) is 0 Å². The lowest BCUT2D eigenvalue weighted by Gasteiger charge is -2.35. The summed E-state index contributed by atoms with van der Waals surface area (Å²) >= 11 is 0. The van der Waals surface area contributed by atoms with E-state index in [0.29, 0.717) is 43.0 Å². The SMILES string of the molecule is CC(=O)c1ccc(Nc2nc(N3C[C@H](N)C[C@H](N)C3)nc(N3CCC[C@@H](O)C3)n2)cc1. The van der Waals surface area contributed by atoms with Crippen LogP contribution in [0.15, 0.2) is 24.3 Å². The van der Waals surface area contributed by atoms with Crippen molar-refractivity contribution in [3.05, 3.63) is 29.8 Å². The monoisotopic (exact) mass is 426 g/mol. The quantitative estimate of drug-likeness (QED) is 0.502. The zero-order valence-electron chi connectivity index (χ0n) is 17.7. The minimum atomic E-state index is -0.402. The highest BCUT2D eigenvalue weighted by molar-refractivity contribution is 5.94. The molecule has 2 saturated heterocycles. The van der Waals surface area contributed by atoms with Crippen LogP contribution in [-0.4, -0.2) is 70.2 Å². The summed E-state index contributed by atoms with van der Waals surface area (Å²) in [7, 11) is 0. The number of nitrogens with zero attached hydrogens (tertiary/aromatic N) is 5. The van der Waals surface area contributed by atoms with Crippen LogP contribution in [0.1, 0.15) is 36.5 Å². The van der Waals surface area contributed by atoms with Gasteiger partial charge in [0.25, 0.3) is 0 Å². The van der Waals surface area contributed by atoms with Crippen molar-refractivity contribution in [2.45, 2.75) is 44.4 Å². The van der Waals surface area contributed by atoms with Gasteiger partial charge in [0.2, 0.25) is 17.8 Å². The minimum absolute atomic E-state index is 0.0118. The van der Waals surface area contributed by atoms with E-state index in [1.807, 2.05) is 21.9 Å². The fourth-order valence-electron chi connectivity index (χ4n) is 4.09. The van der Waals surface area contributed by atoms with E-state index >= 15 is 0 Å². The molecule has 3 heterocycles. The zero-order valence-corrected chi connectivity index (χ0v) is 17.7. The summed E-state index contributed by atoms with van der Waals surface area (Å²) in [5, 5.41) is 13.3. The number of aromatic nitrogens is 3. The van der Waals surface area contributed by atoms with Gasteiger partial charge in [-0.25, -0.2) is 0 Å². The number of piperidine rings is 2. The first kappa shape index (κ1) is 21.4. The maximum Gasteiger partial charge on any atom is 0.233 e. The van der Waals surface area contributed by atoms with Crippen LogP contribution < -0.4 is 26.6 Å². The number of anilines is 4. The first-order valence-electron chi connectivity index (χ1n) is 10.7. The molecule has 0 radical (unpaired) electrons. The first-order chi connectivity index (χ1) is 14.9. The van der Waals surface area contributed by atoms with Crippen molar-refractivity contribution < 1.29 is 9.90 Å². The summed E-state index contributed by atoms with van der Waals surface area (Å²) in [5.74, 6) is 1.43. The Balaban J connectivity index is 1.64. The summed E-state index contributed by atoms with van der Waals surface area (Å²) in [6.07, 6.45) is 2.01. The van der Waals surface area contributed by atoms with Gasteiger partial charge in [-0.2, -0.15) is 15.0 Å². The normalized spacial score (nSPS) is 24.2. The van der Waals surface area contributed by atoms with Crippen LogP contribution in [0.25, 0.3) is 0 Å². The zero-order chi connectivity index (χ0) is 22.0. The van der Waals surface area contributed by atoms with E-state index in [1.54, 1.807) is 12.1 Å². The summed E-state index contributed by atoms with van der Waals surface area (Å²) in [6.45, 7) is 4.02. The lowest BCUT2D eigenvalue weighted by Crippen LogP contribution is -2.53. The molecule has 1 aromatic heterocycles. The molecule has 4 rings (SSSR count). The van der Waals surface area contributed by atoms with Gasteiger partial charge in [0, 0.05) is 49.5 Å². The molecule has 0 unspecified atom stereocenters. The fourth-order valence-corrected chi connectivity index (χ4v) is 4.09. The molecule has 0 aliphatic carbocycles. The second-order valence-corrected chi connectivity index (χ2v) is 8.42. The number of aliphatic hydroxyl groups excluding tert-OH is 1. The fraction of sp³-hybridized carbons (Fsp3) is 0.524. The Morgan fingerprint density at radius 2 is 1.68 bits per heavy atom. The molecule has 3 atom stereocenters. The van der Waals surface area contributed by atoms with Crippen molar-refractivity contribution in [2.24, 2.45) is 11.5 Å². The van der Waals surface area contributed by atoms with Crippen molar-refractivity contribution in [3.8, 4) is 0 Å². The molecule has 10 nitrogen and oxygen atoms in total. The van der Waals surface area contributed by atoms with Crippen molar-refractivity contribution in [3.63, 3.8) is 0 Å². The highest BCUT2D eigenvalue weighted by Gasteiger charge is 2.27. The van der Waals surface area contributed by atoms with Crippen LogP contribution in [0.2, 0.25) is 0 Å². The molecule has 0 spiro atoms. The van der Waals surface area contributed by atoms with Crippen molar-refractivity contribution in [2.75, 3.05) is 41.3 Å². The largest absolute Gasteiger partial charge is 0.391 e. The van der Waals surface area contributed by atoms with Crippen molar-refractivity contribution >= 4 is 29.3 Å². The average Bonchev–Trinajstić information content (AvgIpc) is 2.73. The molecule has 1 aromatic carbocycles. The van der Waals surface area contributed by atoms with Crippen LogP contribution in [0.3, 0.4) is 0 Å². The Morgan fingerprint density at radius 1 is 1.03 bits per heavy atom. The molecule has 2 fully saturated rings. The molecular weight excluding hydrogens is 396 g/mol. The molecule has 0 saturated carbocycles. The van der Waals surface area contributed by atoms with Crippen molar-refractivity contribution in [1.82, 2.24) is 15.0 Å². The van der Waals surface area contributed by atoms with Gasteiger partial charge in [0.1, 0.15) is 0 Å². The second-order valence-electron chi connectivity index (χ2n) is 8.42. The standard InChI is InChI=1S/C21H30N8O2/c1-13(30)14-4-6-17(7-5-14)24-19-25-20(28-8-2-3-18(31)12-28)27-21(26-19)29-10-15(22)9-16(23)11-29/h4-7,15-16,18,31H,2-3,8-12,22-23H2,1H3,(H,24,25,26,27)/t15-,16+,18-/m1/s1. The van der Waals surface area contributed by atoms with E-state index in [-0.39, 0.29) is 17.9 Å². The van der Waals surface area contributed by atoms with Crippen molar-refractivity contribution in [1.29, 1.82) is 0 Å². The van der Waals surface area contributed by atoms with Gasteiger partial charge < -0.3 is 31.7 Å². The molecule has 166 valence electrons. The topological polar surface area (TPSA) is 147 Å². The summed E-state index contributed by atoms with van der Waals surface area (Å²) in [5.41, 5.74) is 13.7. The van der Waals surface area contributed by atoms with E-state index in [2.05, 4.69) is 20.3 Å². The van der Waals surface area contributed by atoms with Crippen LogP contribution in [-0.2, 0) is 0 Å². The molecule has 10 heteroatoms. The number of benzene rings is 1. The summed E-state index contributed by atoms with van der Waals surface area (Å²) in [4.78, 5) is 29.4. The number of hydrogen-bond donors (Lipinski definition) is 4. The number of hydrogen-bond acceptors (Lipinski definition) is 10. The van der Waals surface area contributed by atoms with E-state index in [0.717, 1.165) is 31.5 Å². The summed E-state index contributed by atoms with van der Waals surface area (Å²) in [6, 6.07) is 7.07. The Labute approximate surface area is 181 Å². The van der Waals surface area contributed by atoms with E-state index in [1.165, 1.54) is 6.92 Å². The van der Waals surface area contributed by atoms with Gasteiger partial charge in [-0.3, -0.25) is 4.79 Å². The predicted octanol–water partition coefficient (Wildman–Crippen LogP) is 0.644. The van der Waals surface area contributed by atoms with Crippen LogP contribution >= 0.6 is 0 Å².